The van der Waals surface area contributed by atoms with E-state index in [0.29, 0.717) is 5.56 Å². The van der Waals surface area contributed by atoms with E-state index in [2.05, 4.69) is 10.2 Å². The third-order valence-electron chi connectivity index (χ3n) is 2.02. The van der Waals surface area contributed by atoms with Gasteiger partial charge in [-0.2, -0.15) is 10.2 Å². The molecule has 0 aliphatic carbocycles. The van der Waals surface area contributed by atoms with Crippen LogP contribution in [0.15, 0.2) is 18.5 Å². The lowest BCUT2D eigenvalue weighted by molar-refractivity contribution is -0.138. The molecule has 1 aromatic heterocycles. The number of carboxylic acids is 1. The van der Waals surface area contributed by atoms with E-state index in [4.69, 9.17) is 5.11 Å². The van der Waals surface area contributed by atoms with Crippen LogP contribution in [-0.4, -0.2) is 44.7 Å². The molecule has 1 amide bonds. The fourth-order valence-electron chi connectivity index (χ4n) is 1.22. The van der Waals surface area contributed by atoms with Crippen LogP contribution in [-0.2, 0) is 4.79 Å². The van der Waals surface area contributed by atoms with Gasteiger partial charge in [0.05, 0.1) is 18.0 Å². The number of hydrogen-bond donors (Lipinski definition) is 1. The van der Waals surface area contributed by atoms with Crippen molar-refractivity contribution in [1.82, 2.24) is 15.1 Å². The van der Waals surface area contributed by atoms with Gasteiger partial charge in [0.15, 0.2) is 0 Å². The van der Waals surface area contributed by atoms with Crippen LogP contribution in [0.3, 0.4) is 0 Å². The summed E-state index contributed by atoms with van der Waals surface area (Å²) in [4.78, 5) is 23.8. The number of amides is 1. The fourth-order valence-corrected chi connectivity index (χ4v) is 1.22. The molecule has 1 heterocycles. The summed E-state index contributed by atoms with van der Waals surface area (Å²) < 4.78 is 0. The quantitative estimate of drug-likeness (QED) is 0.799. The zero-order valence-corrected chi connectivity index (χ0v) is 9.12. The number of carboxylic acid groups (broad SMARTS) is 1. The summed E-state index contributed by atoms with van der Waals surface area (Å²) in [5, 5.41) is 15.8. The van der Waals surface area contributed by atoms with E-state index in [9.17, 15) is 9.59 Å². The van der Waals surface area contributed by atoms with Gasteiger partial charge in [-0.15, -0.1) is 0 Å². The van der Waals surface area contributed by atoms with Crippen molar-refractivity contribution in [2.24, 2.45) is 0 Å². The van der Waals surface area contributed by atoms with Crippen LogP contribution in [0, 0.1) is 0 Å². The van der Waals surface area contributed by atoms with E-state index in [1.807, 2.05) is 0 Å². The predicted molar refractivity (Wildman–Crippen MR) is 55.8 cm³/mol. The van der Waals surface area contributed by atoms with Crippen molar-refractivity contribution in [3.63, 3.8) is 0 Å². The molecule has 0 bridgehead atoms. The molecule has 0 spiro atoms. The number of hydrogen-bond acceptors (Lipinski definition) is 4. The summed E-state index contributed by atoms with van der Waals surface area (Å²) >= 11 is 0. The van der Waals surface area contributed by atoms with Gasteiger partial charge in [0.1, 0.15) is 6.54 Å². The van der Waals surface area contributed by atoms with Crippen LogP contribution in [0.1, 0.15) is 24.2 Å². The maximum Gasteiger partial charge on any atom is 0.323 e. The number of rotatable bonds is 4. The van der Waals surface area contributed by atoms with Gasteiger partial charge in [0, 0.05) is 6.04 Å². The first-order valence-electron chi connectivity index (χ1n) is 4.82. The number of carbonyl (C=O) groups excluding carboxylic acids is 1. The third-order valence-corrected chi connectivity index (χ3v) is 2.02. The molecule has 16 heavy (non-hydrogen) atoms. The molecule has 0 unspecified atom stereocenters. The molecule has 0 saturated heterocycles. The minimum absolute atomic E-state index is 0.184. The van der Waals surface area contributed by atoms with Gasteiger partial charge in [-0.25, -0.2) is 0 Å². The Hall–Kier alpha value is -1.98. The number of nitrogens with zero attached hydrogens (tertiary/aromatic N) is 3. The minimum Gasteiger partial charge on any atom is -0.480 e. The van der Waals surface area contributed by atoms with Crippen LogP contribution in [0.25, 0.3) is 0 Å². The second kappa shape index (κ2) is 5.20. The van der Waals surface area contributed by atoms with Gasteiger partial charge in [0.2, 0.25) is 0 Å². The molecule has 1 aromatic rings. The van der Waals surface area contributed by atoms with Crippen molar-refractivity contribution in [3.05, 3.63) is 24.0 Å². The Kier molecular flexibility index (Phi) is 3.93. The van der Waals surface area contributed by atoms with Crippen LogP contribution in [0.4, 0.5) is 0 Å². The molecule has 0 fully saturated rings. The van der Waals surface area contributed by atoms with E-state index in [1.165, 1.54) is 23.4 Å². The first-order chi connectivity index (χ1) is 7.52. The van der Waals surface area contributed by atoms with Gasteiger partial charge in [0.25, 0.3) is 5.91 Å². The topological polar surface area (TPSA) is 83.4 Å². The highest BCUT2D eigenvalue weighted by atomic mass is 16.4. The first-order valence-corrected chi connectivity index (χ1v) is 4.82. The van der Waals surface area contributed by atoms with Crippen LogP contribution < -0.4 is 0 Å². The first kappa shape index (κ1) is 12.1. The Balaban J connectivity index is 2.88. The molecule has 1 rings (SSSR count). The summed E-state index contributed by atoms with van der Waals surface area (Å²) in [5.41, 5.74) is 0.338. The molecule has 86 valence electrons. The van der Waals surface area contributed by atoms with Crippen molar-refractivity contribution in [2.75, 3.05) is 6.54 Å². The molecular weight excluding hydrogens is 210 g/mol. The number of aromatic nitrogens is 2. The number of carbonyl (C=O) groups is 2. The molecule has 0 aliphatic heterocycles. The van der Waals surface area contributed by atoms with Crippen molar-refractivity contribution >= 4 is 11.9 Å². The van der Waals surface area contributed by atoms with E-state index < -0.39 is 5.97 Å². The lowest BCUT2D eigenvalue weighted by atomic mass is 10.2. The molecular formula is C10H13N3O3. The van der Waals surface area contributed by atoms with Crippen molar-refractivity contribution < 1.29 is 14.7 Å². The normalized spacial score (nSPS) is 10.2. The van der Waals surface area contributed by atoms with Gasteiger partial charge in [-0.1, -0.05) is 0 Å². The molecule has 0 aromatic carbocycles. The Morgan fingerprint density at radius 2 is 2.12 bits per heavy atom. The summed E-state index contributed by atoms with van der Waals surface area (Å²) in [6, 6.07) is 1.32. The largest absolute Gasteiger partial charge is 0.480 e. The Labute approximate surface area is 92.9 Å². The zero-order chi connectivity index (χ0) is 12.1. The van der Waals surface area contributed by atoms with E-state index in [1.54, 1.807) is 13.8 Å². The molecule has 6 nitrogen and oxygen atoms in total. The Bertz CT molecular complexity index is 378. The highest BCUT2D eigenvalue weighted by molar-refractivity contribution is 5.95. The summed E-state index contributed by atoms with van der Waals surface area (Å²) in [6.07, 6.45) is 2.71. The highest BCUT2D eigenvalue weighted by Gasteiger charge is 2.21. The van der Waals surface area contributed by atoms with Gasteiger partial charge < -0.3 is 10.0 Å². The second-order valence-corrected chi connectivity index (χ2v) is 3.55. The molecule has 6 heteroatoms. The maximum atomic E-state index is 11.9. The zero-order valence-electron chi connectivity index (χ0n) is 9.12. The smallest absolute Gasteiger partial charge is 0.323 e. The summed E-state index contributed by atoms with van der Waals surface area (Å²) in [7, 11) is 0. The number of aliphatic carboxylic acids is 1. The fraction of sp³-hybridized carbons (Fsp3) is 0.400. The van der Waals surface area contributed by atoms with Crippen molar-refractivity contribution in [2.45, 2.75) is 19.9 Å². The van der Waals surface area contributed by atoms with Crippen molar-refractivity contribution in [3.8, 4) is 0 Å². The molecule has 0 radical (unpaired) electrons. The van der Waals surface area contributed by atoms with Crippen molar-refractivity contribution in [1.29, 1.82) is 0 Å². The van der Waals surface area contributed by atoms with Crippen LogP contribution >= 0.6 is 0 Å². The molecule has 0 aliphatic rings. The van der Waals surface area contributed by atoms with Gasteiger partial charge in [-0.05, 0) is 19.9 Å². The molecule has 0 saturated carbocycles. The third kappa shape index (κ3) is 3.01. The average Bonchev–Trinajstić information content (AvgIpc) is 2.25. The highest BCUT2D eigenvalue weighted by Crippen LogP contribution is 2.06. The van der Waals surface area contributed by atoms with E-state index in [-0.39, 0.29) is 18.5 Å². The maximum absolute atomic E-state index is 11.9. The summed E-state index contributed by atoms with van der Waals surface area (Å²) in [6.45, 7) is 3.20. The average molecular weight is 223 g/mol. The Morgan fingerprint density at radius 3 is 2.56 bits per heavy atom. The lowest BCUT2D eigenvalue weighted by Crippen LogP contribution is -2.40. The molecule has 1 N–H and O–H groups in total. The SMILES string of the molecule is CC(C)N(CC(=O)O)C(=O)c1ccnnc1. The van der Waals surface area contributed by atoms with Crippen LogP contribution in [0.5, 0.6) is 0 Å². The van der Waals surface area contributed by atoms with E-state index >= 15 is 0 Å². The Morgan fingerprint density at radius 1 is 1.44 bits per heavy atom. The van der Waals surface area contributed by atoms with Gasteiger partial charge >= 0.3 is 5.97 Å². The van der Waals surface area contributed by atoms with Crippen LogP contribution in [0.2, 0.25) is 0 Å². The lowest BCUT2D eigenvalue weighted by Gasteiger charge is -2.24. The van der Waals surface area contributed by atoms with E-state index in [0.717, 1.165) is 0 Å². The predicted octanol–water partition coefficient (Wildman–Crippen LogP) is 0.412. The minimum atomic E-state index is -1.04. The van der Waals surface area contributed by atoms with Gasteiger partial charge in [-0.3, -0.25) is 9.59 Å². The molecule has 0 atom stereocenters. The monoisotopic (exact) mass is 223 g/mol. The summed E-state index contributed by atoms with van der Waals surface area (Å²) in [5.74, 6) is -1.39. The second-order valence-electron chi connectivity index (χ2n) is 3.55. The standard InChI is InChI=1S/C10H13N3O3/c1-7(2)13(6-9(14)15)10(16)8-3-4-11-12-5-8/h3-5,7H,6H2,1-2H3,(H,14,15).